The van der Waals surface area contributed by atoms with Gasteiger partial charge in [0.25, 0.3) is 10.0 Å². The van der Waals surface area contributed by atoms with E-state index in [-0.39, 0.29) is 4.90 Å². The van der Waals surface area contributed by atoms with Crippen LogP contribution in [0.1, 0.15) is 0 Å². The maximum atomic E-state index is 11.7. The van der Waals surface area contributed by atoms with Crippen molar-refractivity contribution in [2.45, 2.75) is 4.90 Å². The van der Waals surface area contributed by atoms with Crippen LogP contribution in [0.25, 0.3) is 0 Å². The molecule has 16 heavy (non-hydrogen) atoms. The topological polar surface area (TPSA) is 74.8 Å². The number of hydrogen-bond donors (Lipinski definition) is 2. The molecular formula is C9H8ClN3O2S. The molecule has 84 valence electrons. The van der Waals surface area contributed by atoms with Crippen LogP contribution in [0.2, 0.25) is 5.02 Å². The molecule has 5 nitrogen and oxygen atoms in total. The van der Waals surface area contributed by atoms with Gasteiger partial charge in [0.05, 0.1) is 6.20 Å². The molecule has 1 aromatic heterocycles. The first-order valence-electron chi connectivity index (χ1n) is 4.35. The minimum absolute atomic E-state index is 0.0856. The molecule has 0 aliphatic rings. The summed E-state index contributed by atoms with van der Waals surface area (Å²) >= 11 is 5.69. The van der Waals surface area contributed by atoms with Crippen LogP contribution in [0.3, 0.4) is 0 Å². The number of halogens is 1. The number of aromatic amines is 1. The number of aromatic nitrogens is 2. The summed E-state index contributed by atoms with van der Waals surface area (Å²) in [6.45, 7) is 0. The van der Waals surface area contributed by atoms with Gasteiger partial charge in [0.1, 0.15) is 4.90 Å². The average molecular weight is 258 g/mol. The molecule has 2 N–H and O–H groups in total. The molecule has 1 heterocycles. The molecule has 7 heteroatoms. The van der Waals surface area contributed by atoms with Crippen LogP contribution < -0.4 is 4.72 Å². The SMILES string of the molecule is O=S(=O)(Nc1ccc(Cl)cc1)c1cn[nH]c1. The van der Waals surface area contributed by atoms with E-state index in [9.17, 15) is 8.42 Å². The lowest BCUT2D eigenvalue weighted by Crippen LogP contribution is -2.11. The Kier molecular flexibility index (Phi) is 2.84. The van der Waals surface area contributed by atoms with Crippen LogP contribution in [-0.4, -0.2) is 18.6 Å². The second kappa shape index (κ2) is 4.15. The van der Waals surface area contributed by atoms with Crippen LogP contribution in [0.15, 0.2) is 41.6 Å². The minimum Gasteiger partial charge on any atom is -0.284 e. The van der Waals surface area contributed by atoms with E-state index in [1.807, 2.05) is 0 Å². The fourth-order valence-corrected chi connectivity index (χ4v) is 2.21. The van der Waals surface area contributed by atoms with E-state index < -0.39 is 10.0 Å². The van der Waals surface area contributed by atoms with Crippen molar-refractivity contribution in [2.75, 3.05) is 4.72 Å². The van der Waals surface area contributed by atoms with Crippen LogP contribution in [0.4, 0.5) is 5.69 Å². The predicted molar refractivity (Wildman–Crippen MR) is 60.8 cm³/mol. The highest BCUT2D eigenvalue weighted by Gasteiger charge is 2.14. The maximum absolute atomic E-state index is 11.7. The Bertz CT molecular complexity index is 563. The Morgan fingerprint density at radius 2 is 1.94 bits per heavy atom. The zero-order valence-electron chi connectivity index (χ0n) is 8.01. The molecule has 0 bridgehead atoms. The highest BCUT2D eigenvalue weighted by molar-refractivity contribution is 7.92. The molecular weight excluding hydrogens is 250 g/mol. The normalized spacial score (nSPS) is 11.3. The minimum atomic E-state index is -3.57. The van der Waals surface area contributed by atoms with Gasteiger partial charge in [-0.3, -0.25) is 9.82 Å². The molecule has 2 rings (SSSR count). The van der Waals surface area contributed by atoms with Gasteiger partial charge < -0.3 is 0 Å². The van der Waals surface area contributed by atoms with Gasteiger partial charge in [-0.2, -0.15) is 5.10 Å². The molecule has 0 amide bonds. The van der Waals surface area contributed by atoms with Crippen molar-refractivity contribution < 1.29 is 8.42 Å². The van der Waals surface area contributed by atoms with E-state index in [0.29, 0.717) is 10.7 Å². The van der Waals surface area contributed by atoms with Crippen molar-refractivity contribution in [2.24, 2.45) is 0 Å². The van der Waals surface area contributed by atoms with Gasteiger partial charge in [0.15, 0.2) is 0 Å². The number of rotatable bonds is 3. The Labute approximate surface area is 97.5 Å². The third-order valence-corrected chi connectivity index (χ3v) is 3.48. The first-order chi connectivity index (χ1) is 7.58. The smallest absolute Gasteiger partial charge is 0.265 e. The fraction of sp³-hybridized carbons (Fsp3) is 0. The monoisotopic (exact) mass is 257 g/mol. The number of nitrogens with zero attached hydrogens (tertiary/aromatic N) is 1. The number of H-pyrrole nitrogens is 1. The van der Waals surface area contributed by atoms with Crippen molar-refractivity contribution in [1.29, 1.82) is 0 Å². The number of sulfonamides is 1. The molecule has 0 atom stereocenters. The molecule has 0 aliphatic carbocycles. The maximum Gasteiger partial charge on any atom is 0.265 e. The summed E-state index contributed by atoms with van der Waals surface area (Å²) in [6, 6.07) is 6.38. The predicted octanol–water partition coefficient (Wildman–Crippen LogP) is 1.86. The third-order valence-electron chi connectivity index (χ3n) is 1.88. The highest BCUT2D eigenvalue weighted by Crippen LogP contribution is 2.17. The largest absolute Gasteiger partial charge is 0.284 e. The first-order valence-corrected chi connectivity index (χ1v) is 6.21. The van der Waals surface area contributed by atoms with Crippen LogP contribution in [0.5, 0.6) is 0 Å². The van der Waals surface area contributed by atoms with Crippen molar-refractivity contribution in [3.05, 3.63) is 41.7 Å². The van der Waals surface area contributed by atoms with E-state index in [1.54, 1.807) is 24.3 Å². The second-order valence-electron chi connectivity index (χ2n) is 3.05. The Balaban J connectivity index is 2.25. The van der Waals surface area contributed by atoms with E-state index in [0.717, 1.165) is 0 Å². The van der Waals surface area contributed by atoms with Crippen molar-refractivity contribution in [3.8, 4) is 0 Å². The van der Waals surface area contributed by atoms with Crippen molar-refractivity contribution in [1.82, 2.24) is 10.2 Å². The summed E-state index contributed by atoms with van der Waals surface area (Å²) in [6.07, 6.45) is 2.54. The van der Waals surface area contributed by atoms with Gasteiger partial charge in [0, 0.05) is 16.9 Å². The first kappa shape index (κ1) is 11.0. The van der Waals surface area contributed by atoms with Gasteiger partial charge in [0.2, 0.25) is 0 Å². The summed E-state index contributed by atoms with van der Waals surface area (Å²) in [4.78, 5) is 0.0856. The van der Waals surface area contributed by atoms with Crippen LogP contribution >= 0.6 is 11.6 Å². The van der Waals surface area contributed by atoms with E-state index in [1.165, 1.54) is 12.4 Å². The summed E-state index contributed by atoms with van der Waals surface area (Å²) in [5.41, 5.74) is 0.450. The standard InChI is InChI=1S/C9H8ClN3O2S/c10-7-1-3-8(4-2-7)13-16(14,15)9-5-11-12-6-9/h1-6,13H,(H,11,12). The average Bonchev–Trinajstić information content (AvgIpc) is 2.75. The Morgan fingerprint density at radius 1 is 1.25 bits per heavy atom. The molecule has 0 spiro atoms. The summed E-state index contributed by atoms with van der Waals surface area (Å²) < 4.78 is 25.9. The Hall–Kier alpha value is -1.53. The summed E-state index contributed by atoms with van der Waals surface area (Å²) in [5.74, 6) is 0. The van der Waals surface area contributed by atoms with Crippen molar-refractivity contribution >= 4 is 27.3 Å². The van der Waals surface area contributed by atoms with E-state index in [4.69, 9.17) is 11.6 Å². The van der Waals surface area contributed by atoms with Crippen LogP contribution in [0, 0.1) is 0 Å². The lowest BCUT2D eigenvalue weighted by atomic mass is 10.3. The highest BCUT2D eigenvalue weighted by atomic mass is 35.5. The quantitative estimate of drug-likeness (QED) is 0.881. The Morgan fingerprint density at radius 3 is 2.50 bits per heavy atom. The number of anilines is 1. The van der Waals surface area contributed by atoms with Gasteiger partial charge in [-0.25, -0.2) is 8.42 Å². The molecule has 0 aliphatic heterocycles. The molecule has 0 saturated carbocycles. The number of nitrogens with one attached hydrogen (secondary N) is 2. The fourth-order valence-electron chi connectivity index (χ4n) is 1.12. The number of benzene rings is 1. The summed E-state index contributed by atoms with van der Waals surface area (Å²) in [7, 11) is -3.57. The zero-order valence-corrected chi connectivity index (χ0v) is 9.59. The molecule has 0 unspecified atom stereocenters. The van der Waals surface area contributed by atoms with Gasteiger partial charge in [-0.15, -0.1) is 0 Å². The van der Waals surface area contributed by atoms with Crippen LogP contribution in [-0.2, 0) is 10.0 Å². The molecule has 0 fully saturated rings. The molecule has 0 radical (unpaired) electrons. The summed E-state index contributed by atoms with van der Waals surface area (Å²) in [5, 5.41) is 6.57. The molecule has 1 aromatic carbocycles. The molecule has 0 saturated heterocycles. The number of hydrogen-bond acceptors (Lipinski definition) is 3. The van der Waals surface area contributed by atoms with Gasteiger partial charge in [-0.1, -0.05) is 11.6 Å². The van der Waals surface area contributed by atoms with Crippen molar-refractivity contribution in [3.63, 3.8) is 0 Å². The van der Waals surface area contributed by atoms with Gasteiger partial charge in [-0.05, 0) is 24.3 Å². The van der Waals surface area contributed by atoms with E-state index >= 15 is 0 Å². The van der Waals surface area contributed by atoms with Gasteiger partial charge >= 0.3 is 0 Å². The lowest BCUT2D eigenvalue weighted by Gasteiger charge is -2.05. The lowest BCUT2D eigenvalue weighted by molar-refractivity contribution is 0.601. The van der Waals surface area contributed by atoms with E-state index in [2.05, 4.69) is 14.9 Å². The second-order valence-corrected chi connectivity index (χ2v) is 5.17. The molecule has 2 aromatic rings. The third kappa shape index (κ3) is 2.34. The zero-order chi connectivity index (χ0) is 11.6.